The van der Waals surface area contributed by atoms with Crippen molar-refractivity contribution in [2.45, 2.75) is 39.2 Å². The topological polar surface area (TPSA) is 34.1 Å². The molecular weight excluding hydrogens is 288 g/mol. The van der Waals surface area contributed by atoms with E-state index in [-0.39, 0.29) is 6.10 Å². The standard InChI is InChI=1S/C19H28N2O2/c1-4-21(3)13-20-18-12-16-7-10-23-19(17(16)11-14(18)2)15-5-8-22-9-6-15/h11-13,15,19H,4-10H2,1-3H3/b20-13+. The Balaban J connectivity index is 1.86. The van der Waals surface area contributed by atoms with Gasteiger partial charge in [-0.15, -0.1) is 0 Å². The van der Waals surface area contributed by atoms with Gasteiger partial charge in [0.25, 0.3) is 0 Å². The Labute approximate surface area is 139 Å². The molecule has 1 unspecified atom stereocenters. The molecule has 0 spiro atoms. The smallest absolute Gasteiger partial charge is 0.0909 e. The van der Waals surface area contributed by atoms with Gasteiger partial charge >= 0.3 is 0 Å². The van der Waals surface area contributed by atoms with Crippen LogP contribution in [0.25, 0.3) is 0 Å². The van der Waals surface area contributed by atoms with Gasteiger partial charge in [-0.25, -0.2) is 4.99 Å². The Morgan fingerprint density at radius 2 is 2.04 bits per heavy atom. The fourth-order valence-electron chi connectivity index (χ4n) is 3.42. The summed E-state index contributed by atoms with van der Waals surface area (Å²) in [5.74, 6) is 0.586. The van der Waals surface area contributed by atoms with Crippen LogP contribution in [0, 0.1) is 12.8 Å². The molecule has 23 heavy (non-hydrogen) atoms. The SMILES string of the molecule is CCN(C)/C=N/c1cc2c(cc1C)C(C1CCOCC1)OCC2. The maximum absolute atomic E-state index is 6.15. The zero-order valence-electron chi connectivity index (χ0n) is 14.5. The van der Waals surface area contributed by atoms with E-state index in [4.69, 9.17) is 9.47 Å². The Kier molecular flexibility index (Phi) is 5.34. The lowest BCUT2D eigenvalue weighted by atomic mass is 9.84. The lowest BCUT2D eigenvalue weighted by Crippen LogP contribution is -2.28. The average Bonchev–Trinajstić information content (AvgIpc) is 2.60. The van der Waals surface area contributed by atoms with Gasteiger partial charge in [0.05, 0.1) is 24.7 Å². The lowest BCUT2D eigenvalue weighted by Gasteiger charge is -2.35. The Morgan fingerprint density at radius 1 is 1.26 bits per heavy atom. The van der Waals surface area contributed by atoms with Gasteiger partial charge in [0.15, 0.2) is 0 Å². The number of aryl methyl sites for hydroxylation is 1. The Morgan fingerprint density at radius 3 is 2.78 bits per heavy atom. The van der Waals surface area contributed by atoms with Crippen molar-refractivity contribution in [3.8, 4) is 0 Å². The predicted octanol–water partition coefficient (Wildman–Crippen LogP) is 3.65. The summed E-state index contributed by atoms with van der Waals surface area (Å²) in [7, 11) is 2.05. The average molecular weight is 316 g/mol. The zero-order valence-corrected chi connectivity index (χ0v) is 14.5. The van der Waals surface area contributed by atoms with Gasteiger partial charge < -0.3 is 14.4 Å². The first-order valence-electron chi connectivity index (χ1n) is 8.76. The molecule has 0 aliphatic carbocycles. The van der Waals surface area contributed by atoms with Crippen LogP contribution >= 0.6 is 0 Å². The van der Waals surface area contributed by atoms with Gasteiger partial charge in [-0.2, -0.15) is 0 Å². The maximum Gasteiger partial charge on any atom is 0.0909 e. The van der Waals surface area contributed by atoms with Crippen molar-refractivity contribution < 1.29 is 9.47 Å². The van der Waals surface area contributed by atoms with Crippen molar-refractivity contribution in [1.29, 1.82) is 0 Å². The number of fused-ring (bicyclic) bond motifs is 1. The zero-order chi connectivity index (χ0) is 16.2. The molecule has 1 saturated heterocycles. The third-order valence-corrected chi connectivity index (χ3v) is 5.02. The van der Waals surface area contributed by atoms with Crippen molar-refractivity contribution in [2.24, 2.45) is 10.9 Å². The summed E-state index contributed by atoms with van der Waals surface area (Å²) in [5.41, 5.74) is 5.09. The Bertz CT molecular complexity index is 565. The molecule has 1 atom stereocenters. The van der Waals surface area contributed by atoms with Gasteiger partial charge in [-0.05, 0) is 61.8 Å². The number of benzene rings is 1. The molecule has 1 aromatic rings. The van der Waals surface area contributed by atoms with Crippen LogP contribution in [0.15, 0.2) is 17.1 Å². The maximum atomic E-state index is 6.15. The van der Waals surface area contributed by atoms with Gasteiger partial charge in [-0.3, -0.25) is 0 Å². The summed E-state index contributed by atoms with van der Waals surface area (Å²) >= 11 is 0. The van der Waals surface area contributed by atoms with Crippen LogP contribution in [0.5, 0.6) is 0 Å². The number of hydrogen-bond donors (Lipinski definition) is 0. The number of hydrogen-bond acceptors (Lipinski definition) is 3. The van der Waals surface area contributed by atoms with Crippen molar-refractivity contribution in [3.63, 3.8) is 0 Å². The second-order valence-corrected chi connectivity index (χ2v) is 6.65. The van der Waals surface area contributed by atoms with Crippen molar-refractivity contribution in [1.82, 2.24) is 4.90 Å². The van der Waals surface area contributed by atoms with Crippen LogP contribution in [0.3, 0.4) is 0 Å². The van der Waals surface area contributed by atoms with E-state index in [2.05, 4.69) is 35.9 Å². The van der Waals surface area contributed by atoms with Crippen LogP contribution < -0.4 is 0 Å². The first-order valence-corrected chi connectivity index (χ1v) is 8.76. The summed E-state index contributed by atoms with van der Waals surface area (Å²) in [5, 5.41) is 0. The fraction of sp³-hybridized carbons (Fsp3) is 0.632. The molecule has 2 aliphatic heterocycles. The fourth-order valence-corrected chi connectivity index (χ4v) is 3.42. The normalized spacial score (nSPS) is 22.3. The van der Waals surface area contributed by atoms with E-state index in [0.29, 0.717) is 5.92 Å². The van der Waals surface area contributed by atoms with E-state index < -0.39 is 0 Å². The van der Waals surface area contributed by atoms with Gasteiger partial charge in [0.2, 0.25) is 0 Å². The molecule has 126 valence electrons. The molecule has 0 bridgehead atoms. The van der Waals surface area contributed by atoms with E-state index in [1.807, 2.05) is 13.4 Å². The quantitative estimate of drug-likeness (QED) is 0.628. The van der Waals surface area contributed by atoms with E-state index in [1.54, 1.807) is 0 Å². The largest absolute Gasteiger partial charge is 0.381 e. The highest BCUT2D eigenvalue weighted by molar-refractivity contribution is 5.64. The molecule has 0 aromatic heterocycles. The highest BCUT2D eigenvalue weighted by Crippen LogP contribution is 2.39. The van der Waals surface area contributed by atoms with Crippen molar-refractivity contribution >= 4 is 12.0 Å². The lowest BCUT2D eigenvalue weighted by molar-refractivity contribution is -0.0418. The monoisotopic (exact) mass is 316 g/mol. The molecule has 2 heterocycles. The molecule has 2 aliphatic rings. The molecule has 1 aromatic carbocycles. The summed E-state index contributed by atoms with van der Waals surface area (Å²) in [6.07, 6.45) is 5.35. The molecule has 0 N–H and O–H groups in total. The van der Waals surface area contributed by atoms with Gasteiger partial charge in [-0.1, -0.05) is 6.07 Å². The first-order chi connectivity index (χ1) is 11.2. The molecule has 4 nitrogen and oxygen atoms in total. The van der Waals surface area contributed by atoms with E-state index in [9.17, 15) is 0 Å². The van der Waals surface area contributed by atoms with Crippen molar-refractivity contribution in [2.75, 3.05) is 33.4 Å². The van der Waals surface area contributed by atoms with Crippen LogP contribution in [0.2, 0.25) is 0 Å². The summed E-state index contributed by atoms with van der Waals surface area (Å²) in [4.78, 5) is 6.75. The highest BCUT2D eigenvalue weighted by Gasteiger charge is 2.30. The molecule has 0 radical (unpaired) electrons. The molecular formula is C19H28N2O2. The van der Waals surface area contributed by atoms with Crippen molar-refractivity contribution in [3.05, 3.63) is 28.8 Å². The van der Waals surface area contributed by atoms with Crippen LogP contribution in [-0.2, 0) is 15.9 Å². The third kappa shape index (κ3) is 3.75. The summed E-state index contributed by atoms with van der Waals surface area (Å²) in [6.45, 7) is 7.79. The van der Waals surface area contributed by atoms with E-state index in [0.717, 1.165) is 51.3 Å². The van der Waals surface area contributed by atoms with Crippen LogP contribution in [0.1, 0.15) is 42.6 Å². The summed E-state index contributed by atoms with van der Waals surface area (Å²) < 4.78 is 11.7. The molecule has 4 heteroatoms. The number of rotatable bonds is 4. The minimum Gasteiger partial charge on any atom is -0.381 e. The molecule has 0 saturated carbocycles. The number of aliphatic imine (C=N–C) groups is 1. The number of ether oxygens (including phenoxy) is 2. The predicted molar refractivity (Wildman–Crippen MR) is 93.6 cm³/mol. The highest BCUT2D eigenvalue weighted by atomic mass is 16.5. The summed E-state index contributed by atoms with van der Waals surface area (Å²) in [6, 6.07) is 4.56. The minimum atomic E-state index is 0.234. The molecule has 0 amide bonds. The van der Waals surface area contributed by atoms with Gasteiger partial charge in [0.1, 0.15) is 0 Å². The first kappa shape index (κ1) is 16.5. The molecule has 3 rings (SSSR count). The van der Waals surface area contributed by atoms with Crippen LogP contribution in [0.4, 0.5) is 5.69 Å². The molecule has 1 fully saturated rings. The number of nitrogens with zero attached hydrogens (tertiary/aromatic N) is 2. The second kappa shape index (κ2) is 7.45. The van der Waals surface area contributed by atoms with Crippen LogP contribution in [-0.4, -0.2) is 44.7 Å². The van der Waals surface area contributed by atoms with E-state index in [1.165, 1.54) is 16.7 Å². The Hall–Kier alpha value is -1.39. The van der Waals surface area contributed by atoms with Gasteiger partial charge in [0, 0.05) is 26.8 Å². The third-order valence-electron chi connectivity index (χ3n) is 5.02. The van der Waals surface area contributed by atoms with E-state index >= 15 is 0 Å². The second-order valence-electron chi connectivity index (χ2n) is 6.65. The minimum absolute atomic E-state index is 0.234.